The molecule has 5 heteroatoms. The van der Waals surface area contributed by atoms with Crippen LogP contribution in [-0.4, -0.2) is 44.9 Å². The lowest BCUT2D eigenvalue weighted by Crippen LogP contribution is -2.46. The molecule has 5 nitrogen and oxygen atoms in total. The molecule has 1 saturated heterocycles. The quantitative estimate of drug-likeness (QED) is 0.941. The van der Waals surface area contributed by atoms with Gasteiger partial charge in [-0.25, -0.2) is 0 Å². The van der Waals surface area contributed by atoms with Crippen LogP contribution >= 0.6 is 0 Å². The number of likely N-dealkylation sites (tertiary alicyclic amines) is 1. The standard InChI is InChI=1S/C18H23N3O2/c1-14-3-4-16(13-22)12-21(14)18(23)17-7-5-15(6-8-17)11-20-10-2-9-19-20/h2,5-10,14,16,22H,3-4,11-13H2,1H3. The third-order valence-electron chi connectivity index (χ3n) is 4.60. The zero-order chi connectivity index (χ0) is 16.2. The molecule has 2 atom stereocenters. The number of hydrogen-bond donors (Lipinski definition) is 1. The number of rotatable bonds is 4. The Labute approximate surface area is 136 Å². The van der Waals surface area contributed by atoms with Gasteiger partial charge in [0.15, 0.2) is 0 Å². The molecule has 0 radical (unpaired) electrons. The number of benzene rings is 1. The highest BCUT2D eigenvalue weighted by molar-refractivity contribution is 5.94. The second-order valence-corrected chi connectivity index (χ2v) is 6.33. The predicted octanol–water partition coefficient (Wildman–Crippen LogP) is 2.16. The maximum atomic E-state index is 12.7. The summed E-state index contributed by atoms with van der Waals surface area (Å²) in [5.41, 5.74) is 1.82. The van der Waals surface area contributed by atoms with E-state index >= 15 is 0 Å². The van der Waals surface area contributed by atoms with Crippen LogP contribution < -0.4 is 0 Å². The molecule has 0 aliphatic carbocycles. The molecule has 0 saturated carbocycles. The third-order valence-corrected chi connectivity index (χ3v) is 4.60. The highest BCUT2D eigenvalue weighted by atomic mass is 16.3. The largest absolute Gasteiger partial charge is 0.396 e. The summed E-state index contributed by atoms with van der Waals surface area (Å²) in [4.78, 5) is 14.6. The fraction of sp³-hybridized carbons (Fsp3) is 0.444. The first kappa shape index (κ1) is 15.7. The molecule has 2 aromatic rings. The first-order valence-corrected chi connectivity index (χ1v) is 8.15. The summed E-state index contributed by atoms with van der Waals surface area (Å²) in [7, 11) is 0. The van der Waals surface area contributed by atoms with Gasteiger partial charge in [0, 0.05) is 37.2 Å². The molecule has 1 aliphatic heterocycles. The summed E-state index contributed by atoms with van der Waals surface area (Å²) in [6, 6.07) is 9.86. The zero-order valence-electron chi connectivity index (χ0n) is 13.4. The summed E-state index contributed by atoms with van der Waals surface area (Å²) >= 11 is 0. The van der Waals surface area contributed by atoms with Gasteiger partial charge in [-0.2, -0.15) is 5.10 Å². The Hall–Kier alpha value is -2.14. The molecule has 3 rings (SSSR count). The van der Waals surface area contributed by atoms with Gasteiger partial charge in [0.1, 0.15) is 0 Å². The number of aliphatic hydroxyl groups excluding tert-OH is 1. The maximum absolute atomic E-state index is 12.7. The minimum atomic E-state index is 0.0567. The average Bonchev–Trinajstić information content (AvgIpc) is 3.08. The lowest BCUT2D eigenvalue weighted by Gasteiger charge is -2.37. The first-order chi connectivity index (χ1) is 11.2. The Kier molecular flexibility index (Phi) is 4.76. The highest BCUT2D eigenvalue weighted by Gasteiger charge is 2.29. The number of carbonyl (C=O) groups excluding carboxylic acids is 1. The van der Waals surface area contributed by atoms with Gasteiger partial charge in [-0.15, -0.1) is 0 Å². The van der Waals surface area contributed by atoms with Crippen molar-refractivity contribution in [2.75, 3.05) is 13.2 Å². The van der Waals surface area contributed by atoms with Crippen LogP contribution in [0.2, 0.25) is 0 Å². The van der Waals surface area contributed by atoms with E-state index in [0.29, 0.717) is 18.7 Å². The van der Waals surface area contributed by atoms with Crippen molar-refractivity contribution >= 4 is 5.91 Å². The number of hydrogen-bond acceptors (Lipinski definition) is 3. The van der Waals surface area contributed by atoms with Crippen LogP contribution in [0.3, 0.4) is 0 Å². The molecular formula is C18H23N3O2. The van der Waals surface area contributed by atoms with Gasteiger partial charge in [0.2, 0.25) is 0 Å². The van der Waals surface area contributed by atoms with Gasteiger partial charge in [-0.3, -0.25) is 9.48 Å². The van der Waals surface area contributed by atoms with Crippen molar-refractivity contribution in [2.24, 2.45) is 5.92 Å². The molecule has 1 aliphatic rings. The maximum Gasteiger partial charge on any atom is 0.254 e. The van der Waals surface area contributed by atoms with E-state index in [2.05, 4.69) is 12.0 Å². The van der Waals surface area contributed by atoms with Crippen molar-refractivity contribution in [3.8, 4) is 0 Å². The topological polar surface area (TPSA) is 58.4 Å². The van der Waals surface area contributed by atoms with E-state index in [4.69, 9.17) is 0 Å². The average molecular weight is 313 g/mol. The minimum Gasteiger partial charge on any atom is -0.396 e. The Balaban J connectivity index is 1.69. The van der Waals surface area contributed by atoms with Gasteiger partial charge in [-0.1, -0.05) is 12.1 Å². The third kappa shape index (κ3) is 3.62. The Bertz CT molecular complexity index is 637. The number of carbonyl (C=O) groups is 1. The highest BCUT2D eigenvalue weighted by Crippen LogP contribution is 2.23. The SMILES string of the molecule is CC1CCC(CO)CN1C(=O)c1ccc(Cn2cccn2)cc1. The second kappa shape index (κ2) is 6.96. The molecule has 1 amide bonds. The van der Waals surface area contributed by atoms with E-state index in [9.17, 15) is 9.90 Å². The van der Waals surface area contributed by atoms with Gasteiger partial charge in [-0.05, 0) is 49.4 Å². The normalized spacial score (nSPS) is 21.4. The second-order valence-electron chi connectivity index (χ2n) is 6.33. The summed E-state index contributed by atoms with van der Waals surface area (Å²) in [6.45, 7) is 3.58. The lowest BCUT2D eigenvalue weighted by atomic mass is 9.93. The van der Waals surface area contributed by atoms with Crippen molar-refractivity contribution in [2.45, 2.75) is 32.4 Å². The number of amides is 1. The monoisotopic (exact) mass is 313 g/mol. The Morgan fingerprint density at radius 3 is 2.74 bits per heavy atom. The summed E-state index contributed by atoms with van der Waals surface area (Å²) in [5.74, 6) is 0.260. The molecular weight excluding hydrogens is 290 g/mol. The van der Waals surface area contributed by atoms with Gasteiger partial charge in [0.25, 0.3) is 5.91 Å². The van der Waals surface area contributed by atoms with E-state index < -0.39 is 0 Å². The van der Waals surface area contributed by atoms with Crippen molar-refractivity contribution in [1.29, 1.82) is 0 Å². The van der Waals surface area contributed by atoms with Gasteiger partial charge in [0.05, 0.1) is 6.54 Å². The van der Waals surface area contributed by atoms with Gasteiger partial charge >= 0.3 is 0 Å². The van der Waals surface area contributed by atoms with Crippen LogP contribution in [0, 0.1) is 5.92 Å². The summed E-state index contributed by atoms with van der Waals surface area (Å²) in [5, 5.41) is 13.5. The number of aliphatic hydroxyl groups is 1. The fourth-order valence-corrected chi connectivity index (χ4v) is 3.11. The fourth-order valence-electron chi connectivity index (χ4n) is 3.11. The lowest BCUT2D eigenvalue weighted by molar-refractivity contribution is 0.0489. The van der Waals surface area contributed by atoms with Crippen molar-refractivity contribution in [1.82, 2.24) is 14.7 Å². The molecule has 0 bridgehead atoms. The molecule has 0 spiro atoms. The number of nitrogens with zero attached hydrogens (tertiary/aromatic N) is 3. The van der Waals surface area contributed by atoms with E-state index in [1.807, 2.05) is 46.1 Å². The number of aromatic nitrogens is 2. The van der Waals surface area contributed by atoms with E-state index in [-0.39, 0.29) is 24.5 Å². The van der Waals surface area contributed by atoms with Crippen LogP contribution in [0.1, 0.15) is 35.7 Å². The van der Waals surface area contributed by atoms with E-state index in [1.54, 1.807) is 6.20 Å². The molecule has 1 N–H and O–H groups in total. The number of piperidine rings is 1. The molecule has 2 unspecified atom stereocenters. The van der Waals surface area contributed by atoms with E-state index in [1.165, 1.54) is 0 Å². The van der Waals surface area contributed by atoms with Crippen LogP contribution in [-0.2, 0) is 6.54 Å². The van der Waals surface area contributed by atoms with E-state index in [0.717, 1.165) is 18.4 Å². The molecule has 1 aromatic carbocycles. The first-order valence-electron chi connectivity index (χ1n) is 8.15. The molecule has 1 aromatic heterocycles. The molecule has 2 heterocycles. The van der Waals surface area contributed by atoms with Crippen LogP contribution in [0.5, 0.6) is 0 Å². The predicted molar refractivity (Wildman–Crippen MR) is 88.1 cm³/mol. The van der Waals surface area contributed by atoms with Crippen LogP contribution in [0.25, 0.3) is 0 Å². The minimum absolute atomic E-state index is 0.0567. The Morgan fingerprint density at radius 1 is 1.30 bits per heavy atom. The molecule has 1 fully saturated rings. The molecule has 122 valence electrons. The summed E-state index contributed by atoms with van der Waals surface area (Å²) in [6.07, 6.45) is 5.62. The Morgan fingerprint density at radius 2 is 2.09 bits per heavy atom. The van der Waals surface area contributed by atoms with Crippen molar-refractivity contribution < 1.29 is 9.90 Å². The van der Waals surface area contributed by atoms with Gasteiger partial charge < -0.3 is 10.0 Å². The smallest absolute Gasteiger partial charge is 0.254 e. The van der Waals surface area contributed by atoms with Crippen LogP contribution in [0.15, 0.2) is 42.7 Å². The zero-order valence-corrected chi connectivity index (χ0v) is 13.4. The van der Waals surface area contributed by atoms with Crippen molar-refractivity contribution in [3.05, 3.63) is 53.9 Å². The van der Waals surface area contributed by atoms with Crippen molar-refractivity contribution in [3.63, 3.8) is 0 Å². The van der Waals surface area contributed by atoms with Crippen LogP contribution in [0.4, 0.5) is 0 Å². The summed E-state index contributed by atoms with van der Waals surface area (Å²) < 4.78 is 1.86. The molecule has 23 heavy (non-hydrogen) atoms.